The van der Waals surface area contributed by atoms with Crippen molar-refractivity contribution in [1.29, 1.82) is 0 Å². The summed E-state index contributed by atoms with van der Waals surface area (Å²) < 4.78 is 37.1. The number of benzene rings is 1. The van der Waals surface area contributed by atoms with Gasteiger partial charge in [0.15, 0.2) is 0 Å². The molecule has 0 aliphatic rings. The van der Waals surface area contributed by atoms with Crippen molar-refractivity contribution in [1.82, 2.24) is 9.71 Å². The topological polar surface area (TPSA) is 107 Å². The first-order valence-corrected chi connectivity index (χ1v) is 7.83. The summed E-state index contributed by atoms with van der Waals surface area (Å²) in [5.41, 5.74) is 5.33. The number of nitrogens with one attached hydrogen (secondary N) is 1. The van der Waals surface area contributed by atoms with Gasteiger partial charge in [0.2, 0.25) is 15.9 Å². The van der Waals surface area contributed by atoms with Gasteiger partial charge in [0.05, 0.1) is 17.6 Å². The van der Waals surface area contributed by atoms with Gasteiger partial charge in [-0.2, -0.15) is 0 Å². The quantitative estimate of drug-likeness (QED) is 0.783. The first kappa shape index (κ1) is 15.5. The van der Waals surface area contributed by atoms with E-state index in [-0.39, 0.29) is 11.4 Å². The number of hydrogen-bond acceptors (Lipinski definition) is 6. The van der Waals surface area contributed by atoms with Crippen LogP contribution in [0, 0.1) is 6.92 Å². The van der Waals surface area contributed by atoms with E-state index in [1.807, 2.05) is 0 Å². The van der Waals surface area contributed by atoms with Crippen LogP contribution in [0.4, 0.5) is 0 Å². The maximum Gasteiger partial charge on any atom is 0.241 e. The van der Waals surface area contributed by atoms with Crippen LogP contribution in [0.25, 0.3) is 0 Å². The molecule has 0 radical (unpaired) electrons. The number of oxazole rings is 1. The molecule has 8 heteroatoms. The fourth-order valence-corrected chi connectivity index (χ4v) is 2.59. The molecule has 0 spiro atoms. The van der Waals surface area contributed by atoms with E-state index < -0.39 is 10.0 Å². The molecule has 0 saturated carbocycles. The molecule has 1 aromatic heterocycles. The van der Waals surface area contributed by atoms with Gasteiger partial charge in [-0.25, -0.2) is 18.1 Å². The summed E-state index contributed by atoms with van der Waals surface area (Å²) in [5, 5.41) is 0. The number of nitrogens with two attached hydrogens (primary N) is 1. The van der Waals surface area contributed by atoms with Crippen LogP contribution in [0.2, 0.25) is 0 Å². The molecule has 0 aliphatic carbocycles. The van der Waals surface area contributed by atoms with Crippen LogP contribution in [0.1, 0.15) is 11.7 Å². The minimum absolute atomic E-state index is 0.00159. The van der Waals surface area contributed by atoms with Crippen LogP contribution in [0.15, 0.2) is 39.8 Å². The van der Waals surface area contributed by atoms with Crippen molar-refractivity contribution >= 4 is 10.0 Å². The van der Waals surface area contributed by atoms with Gasteiger partial charge >= 0.3 is 0 Å². The van der Waals surface area contributed by atoms with Gasteiger partial charge in [0.25, 0.3) is 0 Å². The summed E-state index contributed by atoms with van der Waals surface area (Å²) >= 11 is 0. The van der Waals surface area contributed by atoms with Crippen molar-refractivity contribution < 1.29 is 17.6 Å². The molecule has 2 rings (SSSR count). The third-order valence-corrected chi connectivity index (χ3v) is 4.02. The summed E-state index contributed by atoms with van der Waals surface area (Å²) in [5.74, 6) is 1.52. The monoisotopic (exact) mass is 311 g/mol. The van der Waals surface area contributed by atoms with Crippen LogP contribution in [0.5, 0.6) is 5.75 Å². The minimum Gasteiger partial charge on any atom is -0.492 e. The van der Waals surface area contributed by atoms with Crippen molar-refractivity contribution in [3.63, 3.8) is 0 Å². The summed E-state index contributed by atoms with van der Waals surface area (Å²) in [6.07, 6.45) is 1.53. The second-order valence-electron chi connectivity index (χ2n) is 4.30. The smallest absolute Gasteiger partial charge is 0.241 e. The van der Waals surface area contributed by atoms with E-state index in [4.69, 9.17) is 14.9 Å². The molecule has 0 amide bonds. The van der Waals surface area contributed by atoms with Crippen molar-refractivity contribution in [3.8, 4) is 5.75 Å². The molecule has 2 aromatic rings. The minimum atomic E-state index is -3.62. The zero-order valence-corrected chi connectivity index (χ0v) is 12.4. The molecule has 1 heterocycles. The highest BCUT2D eigenvalue weighted by atomic mass is 32.2. The summed E-state index contributed by atoms with van der Waals surface area (Å²) in [6.45, 7) is 2.53. The molecule has 1 aromatic carbocycles. The molecule has 0 aliphatic heterocycles. The number of sulfonamides is 1. The number of ether oxygens (including phenoxy) is 1. The van der Waals surface area contributed by atoms with Gasteiger partial charge in [-0.15, -0.1) is 0 Å². The molecule has 3 N–H and O–H groups in total. The number of aryl methyl sites for hydroxylation is 1. The number of aromatic nitrogens is 1. The van der Waals surface area contributed by atoms with Gasteiger partial charge in [-0.3, -0.25) is 0 Å². The average molecular weight is 311 g/mol. The summed E-state index contributed by atoms with van der Waals surface area (Å²) in [7, 11) is -3.62. The van der Waals surface area contributed by atoms with Crippen LogP contribution < -0.4 is 15.2 Å². The maximum atomic E-state index is 12.1. The Morgan fingerprint density at radius 3 is 2.62 bits per heavy atom. The zero-order chi connectivity index (χ0) is 15.3. The highest BCUT2D eigenvalue weighted by Crippen LogP contribution is 2.16. The number of rotatable bonds is 7. The molecular formula is C13H17N3O4S. The van der Waals surface area contributed by atoms with Gasteiger partial charge in [-0.05, 0) is 31.2 Å². The van der Waals surface area contributed by atoms with E-state index in [1.165, 1.54) is 18.3 Å². The fraction of sp³-hybridized carbons (Fsp3) is 0.308. The molecule has 0 atom stereocenters. The normalized spacial score (nSPS) is 11.5. The third kappa shape index (κ3) is 4.28. The molecule has 0 unspecified atom stereocenters. The first-order valence-electron chi connectivity index (χ1n) is 6.35. The average Bonchev–Trinajstić information content (AvgIpc) is 2.89. The largest absolute Gasteiger partial charge is 0.492 e. The lowest BCUT2D eigenvalue weighted by molar-refractivity contribution is 0.328. The Balaban J connectivity index is 2.01. The zero-order valence-electron chi connectivity index (χ0n) is 11.6. The summed E-state index contributed by atoms with van der Waals surface area (Å²) in [4.78, 5) is 4.08. The molecule has 7 nitrogen and oxygen atoms in total. The van der Waals surface area contributed by atoms with E-state index in [9.17, 15) is 8.42 Å². The Morgan fingerprint density at radius 1 is 1.33 bits per heavy atom. The highest BCUT2D eigenvalue weighted by molar-refractivity contribution is 7.89. The lowest BCUT2D eigenvalue weighted by Gasteiger charge is -2.07. The van der Waals surface area contributed by atoms with E-state index in [1.54, 1.807) is 19.1 Å². The van der Waals surface area contributed by atoms with Crippen molar-refractivity contribution in [2.75, 3.05) is 13.2 Å². The Kier molecular flexibility index (Phi) is 4.94. The SMILES string of the molecule is Cc1cnc(CNS(=O)(=O)c2ccc(OCCN)cc2)o1. The van der Waals surface area contributed by atoms with E-state index >= 15 is 0 Å². The second-order valence-corrected chi connectivity index (χ2v) is 6.06. The van der Waals surface area contributed by atoms with Crippen molar-refractivity contribution in [3.05, 3.63) is 42.1 Å². The number of hydrogen-bond donors (Lipinski definition) is 2. The number of nitrogens with zero attached hydrogens (tertiary/aromatic N) is 1. The van der Waals surface area contributed by atoms with Crippen LogP contribution >= 0.6 is 0 Å². The molecule has 21 heavy (non-hydrogen) atoms. The van der Waals surface area contributed by atoms with Gasteiger partial charge in [-0.1, -0.05) is 0 Å². The first-order chi connectivity index (χ1) is 10.0. The van der Waals surface area contributed by atoms with Crippen LogP contribution in [0.3, 0.4) is 0 Å². The lowest BCUT2D eigenvalue weighted by Crippen LogP contribution is -2.23. The van der Waals surface area contributed by atoms with Crippen LogP contribution in [-0.2, 0) is 16.6 Å². The second kappa shape index (κ2) is 6.70. The molecule has 0 fully saturated rings. The van der Waals surface area contributed by atoms with Gasteiger partial charge < -0.3 is 14.9 Å². The lowest BCUT2D eigenvalue weighted by atomic mass is 10.3. The van der Waals surface area contributed by atoms with E-state index in [0.717, 1.165) is 0 Å². The van der Waals surface area contributed by atoms with E-state index in [2.05, 4.69) is 9.71 Å². The third-order valence-electron chi connectivity index (χ3n) is 2.60. The maximum absolute atomic E-state index is 12.1. The van der Waals surface area contributed by atoms with Crippen molar-refractivity contribution in [2.45, 2.75) is 18.4 Å². The van der Waals surface area contributed by atoms with E-state index in [0.29, 0.717) is 30.6 Å². The standard InChI is InChI=1S/C13H17N3O4S/c1-10-8-15-13(20-10)9-16-21(17,18)12-4-2-11(3-5-12)19-7-6-14/h2-5,8,16H,6-7,9,14H2,1H3. The van der Waals surface area contributed by atoms with Gasteiger partial charge in [0.1, 0.15) is 18.1 Å². The van der Waals surface area contributed by atoms with Gasteiger partial charge in [0, 0.05) is 6.54 Å². The summed E-state index contributed by atoms with van der Waals surface area (Å²) in [6, 6.07) is 6.10. The fourth-order valence-electron chi connectivity index (χ4n) is 1.62. The Hall–Kier alpha value is -1.90. The molecule has 0 bridgehead atoms. The highest BCUT2D eigenvalue weighted by Gasteiger charge is 2.15. The Labute approximate surface area is 123 Å². The molecule has 0 saturated heterocycles. The predicted octanol–water partition coefficient (Wildman–Crippen LogP) is 0.799. The Morgan fingerprint density at radius 2 is 2.05 bits per heavy atom. The van der Waals surface area contributed by atoms with Crippen molar-refractivity contribution in [2.24, 2.45) is 5.73 Å². The Bertz CT molecular complexity index is 680. The molecule has 114 valence electrons. The molecular weight excluding hydrogens is 294 g/mol. The predicted molar refractivity (Wildman–Crippen MR) is 76.3 cm³/mol. The van der Waals surface area contributed by atoms with Crippen LogP contribution in [-0.4, -0.2) is 26.6 Å².